The first-order valence-corrected chi connectivity index (χ1v) is 9.08. The van der Waals surface area contributed by atoms with Crippen molar-refractivity contribution in [1.82, 2.24) is 5.32 Å². The molecule has 0 heterocycles. The van der Waals surface area contributed by atoms with Crippen molar-refractivity contribution in [1.29, 1.82) is 0 Å². The van der Waals surface area contributed by atoms with E-state index in [1.54, 1.807) is 6.42 Å². The van der Waals surface area contributed by atoms with Crippen molar-refractivity contribution in [3.05, 3.63) is 0 Å². The average Bonchev–Trinajstić information content (AvgIpc) is 3.04. The molecule has 2 aliphatic carbocycles. The third-order valence-corrected chi connectivity index (χ3v) is 5.64. The van der Waals surface area contributed by atoms with Crippen LogP contribution in [0.15, 0.2) is 0 Å². The lowest BCUT2D eigenvalue weighted by molar-refractivity contribution is 0.236. The van der Waals surface area contributed by atoms with Gasteiger partial charge in [0.25, 0.3) is 0 Å². The van der Waals surface area contributed by atoms with Gasteiger partial charge in [-0.2, -0.15) is 0 Å². The standard InChI is InChI=1S/C18H35N/c1-3-5-6-7-8-9-10-18(19-4-2)17-14-15-11-12-16(17)13-15/h15-19H,3-14H2,1-2H3. The molecule has 0 aliphatic heterocycles. The van der Waals surface area contributed by atoms with E-state index in [0.29, 0.717) is 0 Å². The molecule has 4 unspecified atom stereocenters. The molecule has 0 amide bonds. The maximum atomic E-state index is 3.81. The molecule has 2 rings (SSSR count). The van der Waals surface area contributed by atoms with Crippen LogP contribution in [-0.4, -0.2) is 12.6 Å². The van der Waals surface area contributed by atoms with E-state index in [1.165, 1.54) is 64.2 Å². The normalized spacial score (nSPS) is 30.9. The van der Waals surface area contributed by atoms with Gasteiger partial charge in [-0.3, -0.25) is 0 Å². The molecule has 1 nitrogen and oxygen atoms in total. The monoisotopic (exact) mass is 265 g/mol. The van der Waals surface area contributed by atoms with E-state index in [2.05, 4.69) is 19.2 Å². The van der Waals surface area contributed by atoms with Gasteiger partial charge in [0.15, 0.2) is 0 Å². The Morgan fingerprint density at radius 1 is 0.947 bits per heavy atom. The van der Waals surface area contributed by atoms with E-state index in [9.17, 15) is 0 Å². The van der Waals surface area contributed by atoms with Crippen molar-refractivity contribution in [2.24, 2.45) is 17.8 Å². The van der Waals surface area contributed by atoms with Gasteiger partial charge in [0.05, 0.1) is 0 Å². The summed E-state index contributed by atoms with van der Waals surface area (Å²) in [5.74, 6) is 3.20. The first kappa shape index (κ1) is 15.4. The van der Waals surface area contributed by atoms with Gasteiger partial charge in [-0.15, -0.1) is 0 Å². The fraction of sp³-hybridized carbons (Fsp3) is 1.00. The predicted octanol–water partition coefficient (Wildman–Crippen LogP) is 5.15. The molecule has 2 bridgehead atoms. The van der Waals surface area contributed by atoms with Crippen molar-refractivity contribution >= 4 is 0 Å². The highest BCUT2D eigenvalue weighted by Gasteiger charge is 2.42. The van der Waals surface area contributed by atoms with Gasteiger partial charge in [0.2, 0.25) is 0 Å². The zero-order chi connectivity index (χ0) is 13.5. The van der Waals surface area contributed by atoms with Gasteiger partial charge >= 0.3 is 0 Å². The highest BCUT2D eigenvalue weighted by molar-refractivity contribution is 4.95. The number of unbranched alkanes of at least 4 members (excludes halogenated alkanes) is 5. The minimum Gasteiger partial charge on any atom is -0.314 e. The van der Waals surface area contributed by atoms with Gasteiger partial charge < -0.3 is 5.32 Å². The van der Waals surface area contributed by atoms with Gasteiger partial charge in [-0.05, 0) is 50.0 Å². The molecule has 19 heavy (non-hydrogen) atoms. The summed E-state index contributed by atoms with van der Waals surface area (Å²) in [5, 5.41) is 3.81. The maximum absolute atomic E-state index is 3.81. The third kappa shape index (κ3) is 4.48. The quantitative estimate of drug-likeness (QED) is 0.539. The van der Waals surface area contributed by atoms with Crippen molar-refractivity contribution in [2.75, 3.05) is 6.54 Å². The second-order valence-corrected chi connectivity index (χ2v) is 7.06. The summed E-state index contributed by atoms with van der Waals surface area (Å²) in [6.45, 7) is 5.74. The summed E-state index contributed by atoms with van der Waals surface area (Å²) in [6, 6.07) is 0.839. The first-order valence-electron chi connectivity index (χ1n) is 9.08. The Labute approximate surface area is 120 Å². The highest BCUT2D eigenvalue weighted by Crippen LogP contribution is 2.50. The topological polar surface area (TPSA) is 12.0 Å². The van der Waals surface area contributed by atoms with E-state index >= 15 is 0 Å². The first-order chi connectivity index (χ1) is 9.35. The van der Waals surface area contributed by atoms with Crippen LogP contribution < -0.4 is 5.32 Å². The SMILES string of the molecule is CCCCCCCCC(NCC)C1CC2CCC1C2. The van der Waals surface area contributed by atoms with E-state index in [1.807, 2.05) is 0 Å². The van der Waals surface area contributed by atoms with Crippen LogP contribution >= 0.6 is 0 Å². The van der Waals surface area contributed by atoms with E-state index in [0.717, 1.165) is 30.3 Å². The molecule has 1 N–H and O–H groups in total. The summed E-state index contributed by atoms with van der Waals surface area (Å²) >= 11 is 0. The average molecular weight is 265 g/mol. The van der Waals surface area contributed by atoms with Crippen molar-refractivity contribution in [3.63, 3.8) is 0 Å². The highest BCUT2D eigenvalue weighted by atomic mass is 14.9. The zero-order valence-corrected chi connectivity index (χ0v) is 13.3. The number of hydrogen-bond acceptors (Lipinski definition) is 1. The van der Waals surface area contributed by atoms with Crippen LogP contribution in [0.5, 0.6) is 0 Å². The molecule has 1 heteroatoms. The van der Waals surface area contributed by atoms with Gasteiger partial charge in [-0.1, -0.05) is 58.8 Å². The minimum atomic E-state index is 0.839. The molecule has 0 aromatic heterocycles. The summed E-state index contributed by atoms with van der Waals surface area (Å²) in [7, 11) is 0. The fourth-order valence-corrected chi connectivity index (χ4v) is 4.66. The largest absolute Gasteiger partial charge is 0.314 e. The van der Waals surface area contributed by atoms with E-state index < -0.39 is 0 Å². The molecular weight excluding hydrogens is 230 g/mol. The Morgan fingerprint density at radius 3 is 2.37 bits per heavy atom. The Bertz CT molecular complexity index is 238. The summed E-state index contributed by atoms with van der Waals surface area (Å²) < 4.78 is 0. The van der Waals surface area contributed by atoms with Crippen LogP contribution in [0.1, 0.15) is 84.5 Å². The second-order valence-electron chi connectivity index (χ2n) is 7.06. The number of nitrogens with one attached hydrogen (secondary N) is 1. The molecule has 0 aromatic rings. The molecule has 0 spiro atoms. The molecule has 0 radical (unpaired) electrons. The van der Waals surface area contributed by atoms with Crippen LogP contribution in [-0.2, 0) is 0 Å². The van der Waals surface area contributed by atoms with E-state index in [-0.39, 0.29) is 0 Å². The lowest BCUT2D eigenvalue weighted by atomic mass is 9.81. The number of hydrogen-bond donors (Lipinski definition) is 1. The molecule has 2 aliphatic rings. The molecular formula is C18H35N. The molecule has 2 saturated carbocycles. The molecule has 4 atom stereocenters. The van der Waals surface area contributed by atoms with Gasteiger partial charge in [-0.25, -0.2) is 0 Å². The lowest BCUT2D eigenvalue weighted by Gasteiger charge is -2.31. The van der Waals surface area contributed by atoms with Crippen LogP contribution in [0.25, 0.3) is 0 Å². The Morgan fingerprint density at radius 2 is 1.74 bits per heavy atom. The van der Waals surface area contributed by atoms with Gasteiger partial charge in [0.1, 0.15) is 0 Å². The van der Waals surface area contributed by atoms with Crippen LogP contribution in [0.4, 0.5) is 0 Å². The number of rotatable bonds is 10. The molecule has 2 fully saturated rings. The summed E-state index contributed by atoms with van der Waals surface area (Å²) in [4.78, 5) is 0. The zero-order valence-electron chi connectivity index (χ0n) is 13.3. The smallest absolute Gasteiger partial charge is 0.00979 e. The third-order valence-electron chi connectivity index (χ3n) is 5.64. The van der Waals surface area contributed by atoms with E-state index in [4.69, 9.17) is 0 Å². The minimum absolute atomic E-state index is 0.839. The van der Waals surface area contributed by atoms with Crippen LogP contribution in [0.2, 0.25) is 0 Å². The Balaban J connectivity index is 1.65. The Kier molecular flexibility index (Phi) is 6.70. The maximum Gasteiger partial charge on any atom is 0.00979 e. The van der Waals surface area contributed by atoms with Crippen LogP contribution in [0, 0.1) is 17.8 Å². The van der Waals surface area contributed by atoms with Crippen LogP contribution in [0.3, 0.4) is 0 Å². The van der Waals surface area contributed by atoms with Gasteiger partial charge in [0, 0.05) is 6.04 Å². The Hall–Kier alpha value is -0.0400. The predicted molar refractivity (Wildman–Crippen MR) is 84.4 cm³/mol. The lowest BCUT2D eigenvalue weighted by Crippen LogP contribution is -2.38. The summed E-state index contributed by atoms with van der Waals surface area (Å²) in [6.07, 6.45) is 16.2. The second kappa shape index (κ2) is 8.29. The molecule has 0 aromatic carbocycles. The fourth-order valence-electron chi connectivity index (χ4n) is 4.66. The summed E-state index contributed by atoms with van der Waals surface area (Å²) in [5.41, 5.74) is 0. The number of fused-ring (bicyclic) bond motifs is 2. The van der Waals surface area contributed by atoms with Crippen molar-refractivity contribution < 1.29 is 0 Å². The molecule has 112 valence electrons. The van der Waals surface area contributed by atoms with Crippen molar-refractivity contribution in [3.8, 4) is 0 Å². The van der Waals surface area contributed by atoms with Crippen molar-refractivity contribution in [2.45, 2.75) is 90.5 Å². The molecule has 0 saturated heterocycles.